The van der Waals surface area contributed by atoms with Gasteiger partial charge in [-0.1, -0.05) is 23.7 Å². The molecule has 0 heterocycles. The Morgan fingerprint density at radius 3 is 2.31 bits per heavy atom. The van der Waals surface area contributed by atoms with Crippen LogP contribution in [0.15, 0.2) is 77.7 Å². The fraction of sp³-hybridized carbons (Fsp3) is 0. The van der Waals surface area contributed by atoms with Crippen molar-refractivity contribution in [1.29, 1.82) is 0 Å². The molecule has 0 aromatic heterocycles. The van der Waals surface area contributed by atoms with Crippen LogP contribution in [0.1, 0.15) is 10.4 Å². The topological polar surface area (TPSA) is 118 Å². The number of hydrogen-bond acceptors (Lipinski definition) is 5. The van der Waals surface area contributed by atoms with Crippen LogP contribution in [-0.2, 0) is 10.0 Å². The maximum atomic E-state index is 12.6. The summed E-state index contributed by atoms with van der Waals surface area (Å²) in [5.74, 6) is -0.603. The van der Waals surface area contributed by atoms with E-state index in [-0.39, 0.29) is 21.8 Å². The molecule has 0 aliphatic rings. The van der Waals surface area contributed by atoms with Gasteiger partial charge in [0.15, 0.2) is 0 Å². The number of carbonyl (C=O) groups is 1. The summed E-state index contributed by atoms with van der Waals surface area (Å²) in [5, 5.41) is 13.9. The van der Waals surface area contributed by atoms with Gasteiger partial charge in [-0.2, -0.15) is 0 Å². The van der Waals surface area contributed by atoms with Crippen LogP contribution in [0.25, 0.3) is 0 Å². The first-order chi connectivity index (χ1) is 13.7. The van der Waals surface area contributed by atoms with Crippen molar-refractivity contribution < 1.29 is 18.1 Å². The Kier molecular flexibility index (Phi) is 5.81. The number of nitrogens with one attached hydrogen (secondary N) is 2. The van der Waals surface area contributed by atoms with Gasteiger partial charge in [-0.25, -0.2) is 8.42 Å². The monoisotopic (exact) mass is 431 g/mol. The van der Waals surface area contributed by atoms with Crippen molar-refractivity contribution in [1.82, 2.24) is 0 Å². The molecule has 8 nitrogen and oxygen atoms in total. The maximum Gasteiger partial charge on any atom is 0.270 e. The molecule has 1 amide bonds. The molecule has 0 spiro atoms. The van der Waals surface area contributed by atoms with Crippen LogP contribution >= 0.6 is 11.6 Å². The number of benzene rings is 3. The Morgan fingerprint density at radius 2 is 1.62 bits per heavy atom. The van der Waals surface area contributed by atoms with Crippen molar-refractivity contribution in [2.45, 2.75) is 4.90 Å². The minimum Gasteiger partial charge on any atom is -0.322 e. The zero-order valence-corrected chi connectivity index (χ0v) is 16.3. The van der Waals surface area contributed by atoms with Gasteiger partial charge >= 0.3 is 0 Å². The molecular weight excluding hydrogens is 418 g/mol. The number of hydrogen-bond donors (Lipinski definition) is 2. The second kappa shape index (κ2) is 8.29. The van der Waals surface area contributed by atoms with Crippen molar-refractivity contribution >= 4 is 44.6 Å². The summed E-state index contributed by atoms with van der Waals surface area (Å²) in [6.45, 7) is 0. The second-order valence-electron chi connectivity index (χ2n) is 5.90. The molecule has 0 atom stereocenters. The Morgan fingerprint density at radius 1 is 0.931 bits per heavy atom. The summed E-state index contributed by atoms with van der Waals surface area (Å²) < 4.78 is 27.6. The second-order valence-corrected chi connectivity index (χ2v) is 8.02. The van der Waals surface area contributed by atoms with Crippen LogP contribution in [0.4, 0.5) is 17.1 Å². The van der Waals surface area contributed by atoms with E-state index >= 15 is 0 Å². The predicted octanol–water partition coefficient (Wildman–Crippen LogP) is 4.30. The minimum atomic E-state index is -3.90. The highest BCUT2D eigenvalue weighted by atomic mass is 35.5. The molecule has 0 saturated carbocycles. The Labute approximate surface area is 171 Å². The molecule has 0 aliphatic carbocycles. The normalized spacial score (nSPS) is 10.9. The van der Waals surface area contributed by atoms with Crippen LogP contribution < -0.4 is 10.0 Å². The lowest BCUT2D eigenvalue weighted by Gasteiger charge is -2.10. The van der Waals surface area contributed by atoms with Crippen molar-refractivity contribution in [3.8, 4) is 0 Å². The quantitative estimate of drug-likeness (QED) is 0.445. The summed E-state index contributed by atoms with van der Waals surface area (Å²) in [4.78, 5) is 22.5. The van der Waals surface area contributed by atoms with Crippen LogP contribution in [0.5, 0.6) is 0 Å². The van der Waals surface area contributed by atoms with E-state index < -0.39 is 20.9 Å². The van der Waals surface area contributed by atoms with Gasteiger partial charge in [0.25, 0.3) is 21.6 Å². The van der Waals surface area contributed by atoms with E-state index in [0.29, 0.717) is 10.7 Å². The molecule has 2 N–H and O–H groups in total. The minimum absolute atomic E-state index is 0.0655. The summed E-state index contributed by atoms with van der Waals surface area (Å²) in [6.07, 6.45) is 0. The van der Waals surface area contributed by atoms with Gasteiger partial charge < -0.3 is 5.32 Å². The lowest BCUT2D eigenvalue weighted by molar-refractivity contribution is -0.384. The lowest BCUT2D eigenvalue weighted by Crippen LogP contribution is -2.15. The van der Waals surface area contributed by atoms with E-state index in [2.05, 4.69) is 10.0 Å². The maximum absolute atomic E-state index is 12.6. The first kappa shape index (κ1) is 20.3. The molecular formula is C19H14ClN3O5S. The Hall–Kier alpha value is -3.43. The van der Waals surface area contributed by atoms with Gasteiger partial charge in [-0.05, 0) is 48.5 Å². The van der Waals surface area contributed by atoms with E-state index in [9.17, 15) is 23.3 Å². The number of halogens is 1. The number of amides is 1. The molecule has 10 heteroatoms. The van der Waals surface area contributed by atoms with Gasteiger partial charge in [0.1, 0.15) is 0 Å². The number of nitro benzene ring substituents is 1. The van der Waals surface area contributed by atoms with Crippen molar-refractivity contribution in [3.05, 3.63) is 93.5 Å². The highest BCUT2D eigenvalue weighted by molar-refractivity contribution is 7.92. The zero-order chi connectivity index (χ0) is 21.0. The Balaban J connectivity index is 1.80. The molecule has 148 valence electrons. The number of rotatable bonds is 6. The molecule has 3 aromatic carbocycles. The highest BCUT2D eigenvalue weighted by Gasteiger charge is 2.16. The number of carbonyl (C=O) groups excluding carboxylic acids is 1. The van der Waals surface area contributed by atoms with Crippen molar-refractivity contribution in [2.75, 3.05) is 10.0 Å². The number of sulfonamides is 1. The first-order valence-electron chi connectivity index (χ1n) is 8.19. The average molecular weight is 432 g/mol. The van der Waals surface area contributed by atoms with Gasteiger partial charge in [0.2, 0.25) is 0 Å². The molecule has 3 rings (SSSR count). The molecule has 0 unspecified atom stereocenters. The fourth-order valence-corrected chi connectivity index (χ4v) is 3.67. The van der Waals surface area contributed by atoms with E-state index in [1.54, 1.807) is 12.1 Å². The SMILES string of the molecule is O=C(Nc1cccc(S(=O)(=O)Nc2ccc(Cl)cc2)c1)c1cccc([N+](=O)[O-])c1. The summed E-state index contributed by atoms with van der Waals surface area (Å²) in [6, 6.07) is 17.0. The fourth-order valence-electron chi connectivity index (χ4n) is 2.44. The Bertz CT molecular complexity index is 1180. The van der Waals surface area contributed by atoms with E-state index in [1.165, 1.54) is 54.6 Å². The molecule has 0 radical (unpaired) electrons. The van der Waals surface area contributed by atoms with Crippen LogP contribution in [0.3, 0.4) is 0 Å². The average Bonchev–Trinajstić information content (AvgIpc) is 2.70. The number of nitrogens with zero attached hydrogens (tertiary/aromatic N) is 1. The van der Waals surface area contributed by atoms with Gasteiger partial charge in [0, 0.05) is 34.1 Å². The summed E-state index contributed by atoms with van der Waals surface area (Å²) in [5.41, 5.74) is 0.411. The molecule has 0 saturated heterocycles. The molecule has 0 fully saturated rings. The van der Waals surface area contributed by atoms with E-state index in [0.717, 1.165) is 6.07 Å². The van der Waals surface area contributed by atoms with E-state index in [1.807, 2.05) is 0 Å². The third kappa shape index (κ3) is 5.09. The summed E-state index contributed by atoms with van der Waals surface area (Å²) in [7, 11) is -3.90. The number of nitro groups is 1. The largest absolute Gasteiger partial charge is 0.322 e. The number of non-ortho nitro benzene ring substituents is 1. The number of anilines is 2. The highest BCUT2D eigenvalue weighted by Crippen LogP contribution is 2.21. The molecule has 0 bridgehead atoms. The lowest BCUT2D eigenvalue weighted by atomic mass is 10.2. The zero-order valence-electron chi connectivity index (χ0n) is 14.7. The summed E-state index contributed by atoms with van der Waals surface area (Å²) >= 11 is 5.79. The van der Waals surface area contributed by atoms with E-state index in [4.69, 9.17) is 11.6 Å². The predicted molar refractivity (Wildman–Crippen MR) is 110 cm³/mol. The molecule has 29 heavy (non-hydrogen) atoms. The van der Waals surface area contributed by atoms with Crippen molar-refractivity contribution in [2.24, 2.45) is 0 Å². The van der Waals surface area contributed by atoms with Crippen LogP contribution in [0.2, 0.25) is 5.02 Å². The van der Waals surface area contributed by atoms with Gasteiger partial charge in [0.05, 0.1) is 9.82 Å². The van der Waals surface area contributed by atoms with Crippen LogP contribution in [-0.4, -0.2) is 19.2 Å². The molecule has 0 aliphatic heterocycles. The smallest absolute Gasteiger partial charge is 0.270 e. The van der Waals surface area contributed by atoms with Crippen molar-refractivity contribution in [3.63, 3.8) is 0 Å². The van der Waals surface area contributed by atoms with Gasteiger partial charge in [-0.3, -0.25) is 19.6 Å². The third-order valence-electron chi connectivity index (χ3n) is 3.82. The van der Waals surface area contributed by atoms with Gasteiger partial charge in [-0.15, -0.1) is 0 Å². The standard InChI is InChI=1S/C19H14ClN3O5S/c20-14-7-9-15(10-8-14)22-29(27,28)18-6-2-4-16(12-18)21-19(24)13-3-1-5-17(11-13)23(25)26/h1-12,22H,(H,21,24). The van der Waals surface area contributed by atoms with Crippen LogP contribution in [0, 0.1) is 10.1 Å². The third-order valence-corrected chi connectivity index (χ3v) is 5.45. The molecule has 3 aromatic rings. The first-order valence-corrected chi connectivity index (χ1v) is 10.0.